The normalized spacial score (nSPS) is 12.1. The fourth-order valence-corrected chi connectivity index (χ4v) is 3.47. The van der Waals surface area contributed by atoms with Crippen molar-refractivity contribution in [3.05, 3.63) is 72.2 Å². The van der Waals surface area contributed by atoms with Crippen molar-refractivity contribution in [2.75, 3.05) is 7.11 Å². The van der Waals surface area contributed by atoms with E-state index in [-0.39, 0.29) is 6.04 Å². The van der Waals surface area contributed by atoms with Crippen LogP contribution in [0.15, 0.2) is 60.8 Å². The molecular weight excluding hydrogens is 346 g/mol. The number of methoxy groups -OCH3 is 1. The molecule has 0 saturated heterocycles. The van der Waals surface area contributed by atoms with Crippen LogP contribution in [0.4, 0.5) is 0 Å². The zero-order valence-electron chi connectivity index (χ0n) is 16.9. The van der Waals surface area contributed by atoms with Crippen LogP contribution in [0.5, 0.6) is 5.75 Å². The van der Waals surface area contributed by atoms with Gasteiger partial charge in [-0.15, -0.1) is 0 Å². The Kier molecular flexibility index (Phi) is 7.68. The predicted molar refractivity (Wildman–Crippen MR) is 115 cm³/mol. The molecule has 1 aromatic heterocycles. The summed E-state index contributed by atoms with van der Waals surface area (Å²) in [7, 11) is 1.70. The predicted octanol–water partition coefficient (Wildman–Crippen LogP) is 5.89. The Hall–Kier alpha value is -2.59. The van der Waals surface area contributed by atoms with Gasteiger partial charge in [0, 0.05) is 12.1 Å². The zero-order valence-corrected chi connectivity index (χ0v) is 16.9. The van der Waals surface area contributed by atoms with Gasteiger partial charge in [0.2, 0.25) is 0 Å². The van der Waals surface area contributed by atoms with Gasteiger partial charge in [-0.05, 0) is 24.1 Å². The van der Waals surface area contributed by atoms with Crippen LogP contribution in [0.25, 0.3) is 11.3 Å². The first-order valence-corrected chi connectivity index (χ1v) is 10.3. The third-order valence-corrected chi connectivity index (χ3v) is 5.06. The molecule has 0 aliphatic carbocycles. The maximum atomic E-state index is 5.50. The fraction of sp³-hybridized carbons (Fsp3) is 0.375. The van der Waals surface area contributed by atoms with E-state index in [1.807, 2.05) is 24.4 Å². The summed E-state index contributed by atoms with van der Waals surface area (Å²) in [6.07, 6.45) is 7.99. The molecule has 0 aliphatic rings. The molecule has 0 fully saturated rings. The molecule has 2 aromatic carbocycles. The van der Waals surface area contributed by atoms with Crippen LogP contribution in [-0.2, 0) is 6.54 Å². The largest absolute Gasteiger partial charge is 0.496 e. The Bertz CT molecular complexity index is 829. The van der Waals surface area contributed by atoms with Gasteiger partial charge in [-0.25, -0.2) is 4.98 Å². The van der Waals surface area contributed by atoms with Crippen LogP contribution in [0.3, 0.4) is 0 Å². The Morgan fingerprint density at radius 2 is 1.79 bits per heavy atom. The molecule has 4 nitrogen and oxygen atoms in total. The lowest BCUT2D eigenvalue weighted by molar-refractivity contribution is 0.416. The highest BCUT2D eigenvalue weighted by atomic mass is 16.5. The lowest BCUT2D eigenvalue weighted by atomic mass is 10.1. The van der Waals surface area contributed by atoms with Gasteiger partial charge in [0.1, 0.15) is 11.6 Å². The van der Waals surface area contributed by atoms with Crippen molar-refractivity contribution < 1.29 is 4.74 Å². The van der Waals surface area contributed by atoms with E-state index in [1.54, 1.807) is 7.11 Å². The van der Waals surface area contributed by atoms with Gasteiger partial charge in [-0.3, -0.25) is 0 Å². The summed E-state index contributed by atoms with van der Waals surface area (Å²) >= 11 is 0. The summed E-state index contributed by atoms with van der Waals surface area (Å²) in [5.41, 5.74) is 3.32. The Balaban J connectivity index is 1.74. The number of ether oxygens (including phenoxy) is 1. The van der Waals surface area contributed by atoms with Gasteiger partial charge in [0.25, 0.3) is 0 Å². The number of H-pyrrole nitrogens is 1. The highest BCUT2D eigenvalue weighted by molar-refractivity contribution is 5.66. The minimum atomic E-state index is 0.209. The fourth-order valence-electron chi connectivity index (χ4n) is 3.47. The molecule has 2 N–H and O–H groups in total. The smallest absolute Gasteiger partial charge is 0.128 e. The van der Waals surface area contributed by atoms with E-state index < -0.39 is 0 Å². The molecule has 0 amide bonds. The number of nitrogens with zero attached hydrogens (tertiary/aromatic N) is 1. The van der Waals surface area contributed by atoms with E-state index in [9.17, 15) is 0 Å². The summed E-state index contributed by atoms with van der Waals surface area (Å²) in [5, 5.41) is 3.70. The third-order valence-electron chi connectivity index (χ3n) is 5.06. The molecular formula is C24H31N3O. The van der Waals surface area contributed by atoms with Gasteiger partial charge in [-0.2, -0.15) is 0 Å². The number of aromatic nitrogens is 2. The van der Waals surface area contributed by atoms with Crippen molar-refractivity contribution in [2.24, 2.45) is 0 Å². The summed E-state index contributed by atoms with van der Waals surface area (Å²) < 4.78 is 5.50. The molecule has 3 rings (SSSR count). The van der Waals surface area contributed by atoms with Crippen LogP contribution in [0.2, 0.25) is 0 Å². The summed E-state index contributed by atoms with van der Waals surface area (Å²) in [6.45, 7) is 3.08. The molecule has 0 unspecified atom stereocenters. The highest BCUT2D eigenvalue weighted by Gasteiger charge is 2.16. The summed E-state index contributed by atoms with van der Waals surface area (Å²) in [6, 6.07) is 18.8. The average molecular weight is 378 g/mol. The SMILES string of the molecule is CCCCCC[C@@H](NCc1ccccc1)c1ncc(-c2ccccc2OC)[nH]1. The second kappa shape index (κ2) is 10.7. The van der Waals surface area contributed by atoms with Crippen LogP contribution >= 0.6 is 0 Å². The van der Waals surface area contributed by atoms with E-state index in [1.165, 1.54) is 31.2 Å². The summed E-state index contributed by atoms with van der Waals surface area (Å²) in [5.74, 6) is 1.85. The van der Waals surface area contributed by atoms with Crippen molar-refractivity contribution >= 4 is 0 Å². The molecule has 0 aliphatic heterocycles. The van der Waals surface area contributed by atoms with Crippen LogP contribution in [0.1, 0.15) is 56.5 Å². The van der Waals surface area contributed by atoms with E-state index in [0.29, 0.717) is 0 Å². The summed E-state index contributed by atoms with van der Waals surface area (Å²) in [4.78, 5) is 8.23. The van der Waals surface area contributed by atoms with Crippen molar-refractivity contribution in [1.29, 1.82) is 0 Å². The molecule has 0 bridgehead atoms. The van der Waals surface area contributed by atoms with Crippen molar-refractivity contribution in [3.63, 3.8) is 0 Å². The number of rotatable bonds is 11. The van der Waals surface area contributed by atoms with E-state index in [0.717, 1.165) is 35.8 Å². The van der Waals surface area contributed by atoms with Gasteiger partial charge in [0.15, 0.2) is 0 Å². The van der Waals surface area contributed by atoms with E-state index in [4.69, 9.17) is 9.72 Å². The second-order valence-corrected chi connectivity index (χ2v) is 7.15. The van der Waals surface area contributed by atoms with E-state index >= 15 is 0 Å². The van der Waals surface area contributed by atoms with Crippen molar-refractivity contribution in [1.82, 2.24) is 15.3 Å². The number of unbranched alkanes of at least 4 members (excludes halogenated alkanes) is 3. The van der Waals surface area contributed by atoms with Crippen molar-refractivity contribution in [3.8, 4) is 17.0 Å². The number of hydrogen-bond acceptors (Lipinski definition) is 3. The lowest BCUT2D eigenvalue weighted by Gasteiger charge is -2.17. The highest BCUT2D eigenvalue weighted by Crippen LogP contribution is 2.29. The monoisotopic (exact) mass is 377 g/mol. The average Bonchev–Trinajstić information content (AvgIpc) is 3.24. The molecule has 28 heavy (non-hydrogen) atoms. The Labute approximate surface area is 168 Å². The number of para-hydroxylation sites is 1. The number of aromatic amines is 1. The van der Waals surface area contributed by atoms with Gasteiger partial charge < -0.3 is 15.0 Å². The molecule has 1 atom stereocenters. The quantitative estimate of drug-likeness (QED) is 0.410. The van der Waals surface area contributed by atoms with Crippen LogP contribution in [-0.4, -0.2) is 17.1 Å². The van der Waals surface area contributed by atoms with Crippen molar-refractivity contribution in [2.45, 2.75) is 51.6 Å². The molecule has 0 saturated carbocycles. The minimum absolute atomic E-state index is 0.209. The maximum absolute atomic E-state index is 5.50. The molecule has 148 valence electrons. The maximum Gasteiger partial charge on any atom is 0.128 e. The Morgan fingerprint density at radius 3 is 2.57 bits per heavy atom. The second-order valence-electron chi connectivity index (χ2n) is 7.15. The third kappa shape index (κ3) is 5.46. The van der Waals surface area contributed by atoms with E-state index in [2.05, 4.69) is 53.6 Å². The van der Waals surface area contributed by atoms with Crippen LogP contribution < -0.4 is 10.1 Å². The number of hydrogen-bond donors (Lipinski definition) is 2. The number of imidazole rings is 1. The molecule has 0 radical (unpaired) electrons. The standard InChI is InChI=1S/C24H31N3O/c1-3-4-5-9-15-21(25-17-19-12-7-6-8-13-19)24-26-18-22(27-24)20-14-10-11-16-23(20)28-2/h6-8,10-14,16,18,21,25H,3-5,9,15,17H2,1-2H3,(H,26,27)/t21-/m1/s1. The van der Waals surface area contributed by atoms with Gasteiger partial charge in [0.05, 0.1) is 25.0 Å². The first kappa shape index (κ1) is 20.2. The molecule has 4 heteroatoms. The topological polar surface area (TPSA) is 49.9 Å². The molecule has 0 spiro atoms. The van der Waals surface area contributed by atoms with Gasteiger partial charge >= 0.3 is 0 Å². The molecule has 1 heterocycles. The molecule has 3 aromatic rings. The minimum Gasteiger partial charge on any atom is -0.496 e. The Morgan fingerprint density at radius 1 is 1.00 bits per heavy atom. The number of nitrogens with one attached hydrogen (secondary N) is 2. The first-order chi connectivity index (χ1) is 13.8. The van der Waals surface area contributed by atoms with Gasteiger partial charge in [-0.1, -0.05) is 75.1 Å². The number of benzene rings is 2. The lowest BCUT2D eigenvalue weighted by Crippen LogP contribution is -2.22. The van der Waals surface area contributed by atoms with Crippen LogP contribution in [0, 0.1) is 0 Å². The first-order valence-electron chi connectivity index (χ1n) is 10.3. The zero-order chi connectivity index (χ0) is 19.6.